The van der Waals surface area contributed by atoms with Gasteiger partial charge in [0.15, 0.2) is 0 Å². The molecule has 34 atom stereocenters. The predicted octanol–water partition coefficient (Wildman–Crippen LogP) is 13.1. The van der Waals surface area contributed by atoms with Crippen LogP contribution in [0.4, 0.5) is 0 Å². The van der Waals surface area contributed by atoms with Crippen LogP contribution in [0.2, 0.25) is 0 Å². The van der Waals surface area contributed by atoms with Crippen molar-refractivity contribution in [1.29, 1.82) is 0 Å². The van der Waals surface area contributed by atoms with Crippen LogP contribution in [0.1, 0.15) is 135 Å². The van der Waals surface area contributed by atoms with E-state index >= 15 is 0 Å². The summed E-state index contributed by atoms with van der Waals surface area (Å²) in [4.78, 5) is 0. The van der Waals surface area contributed by atoms with E-state index < -0.39 is 0 Å². The lowest BCUT2D eigenvalue weighted by Gasteiger charge is -2.88. The van der Waals surface area contributed by atoms with Gasteiger partial charge in [-0.15, -0.1) is 0 Å². The van der Waals surface area contributed by atoms with Crippen molar-refractivity contribution in [2.45, 2.75) is 135 Å². The van der Waals surface area contributed by atoms with Crippen molar-refractivity contribution in [1.82, 2.24) is 0 Å². The van der Waals surface area contributed by atoms with Crippen LogP contribution in [0.5, 0.6) is 0 Å². The number of rotatable bonds is 0. The van der Waals surface area contributed by atoms with E-state index in [4.69, 9.17) is 0 Å². The Hall–Kier alpha value is 0. The molecule has 21 saturated carbocycles. The maximum Gasteiger partial charge on any atom is -0.0312 e. The summed E-state index contributed by atoms with van der Waals surface area (Å²) in [6.45, 7) is 0. The molecule has 21 aliphatic rings. The highest BCUT2D eigenvalue weighted by atomic mass is 14.9. The molecular formula is C61H82. The molecule has 21 rings (SSSR count). The molecule has 0 N–H and O–H groups in total. The summed E-state index contributed by atoms with van der Waals surface area (Å²) in [7, 11) is 0. The van der Waals surface area contributed by atoms with Crippen molar-refractivity contribution in [3.05, 3.63) is 0 Å². The molecule has 0 saturated heterocycles. The molecule has 61 heavy (non-hydrogen) atoms. The topological polar surface area (TPSA) is 0 Å². The number of hydrogen-bond donors (Lipinski definition) is 0. The predicted molar refractivity (Wildman–Crippen MR) is 237 cm³/mol. The van der Waals surface area contributed by atoms with Gasteiger partial charge in [-0.1, -0.05) is 25.7 Å². The zero-order valence-electron chi connectivity index (χ0n) is 37.9. The number of hydrogen-bond acceptors (Lipinski definition) is 0. The van der Waals surface area contributed by atoms with Crippen molar-refractivity contribution in [2.75, 3.05) is 0 Å². The summed E-state index contributed by atoms with van der Waals surface area (Å²) in [5.74, 6) is 48.7. The normalized spacial score (nSPS) is 79.1. The largest absolute Gasteiger partial charge is 0.0527 e. The Morgan fingerprint density at radius 2 is 0.361 bits per heavy atom. The second-order valence-corrected chi connectivity index (χ2v) is 31.1. The van der Waals surface area contributed by atoms with Gasteiger partial charge in [0, 0.05) is 0 Å². The first-order valence-electron chi connectivity index (χ1n) is 30.3. The van der Waals surface area contributed by atoms with Crippen LogP contribution >= 0.6 is 0 Å². The van der Waals surface area contributed by atoms with Gasteiger partial charge in [-0.05, 0) is 346 Å². The molecule has 0 heterocycles. The lowest BCUT2D eigenvalue weighted by molar-refractivity contribution is -0.407. The van der Waals surface area contributed by atoms with Crippen molar-refractivity contribution >= 4 is 0 Å². The molecule has 0 radical (unpaired) electrons. The van der Waals surface area contributed by atoms with Crippen LogP contribution in [0.25, 0.3) is 0 Å². The minimum atomic E-state index is 1.17. The Kier molecular flexibility index (Phi) is 5.76. The molecule has 0 aromatic carbocycles. The van der Waals surface area contributed by atoms with Crippen LogP contribution in [0.15, 0.2) is 0 Å². The molecule has 34 unspecified atom stereocenters. The average Bonchev–Trinajstić information content (AvgIpc) is 3.31. The SMILES string of the molecule is C1CC2CC3CC4CCCC5C6CCC7C8CCC9CCC%10CC%11CCC%12CCC%13C%14CCC%15C(C1)C2C1C3C(C45)C2C6C7C3C4C8C9C%10C5C%11C%12C%13C(C6C%14C%15C1C2C63)C54. The Labute approximate surface area is 370 Å². The fourth-order valence-electron chi connectivity index (χ4n) is 34.2. The van der Waals surface area contributed by atoms with Crippen molar-refractivity contribution in [3.8, 4) is 0 Å². The van der Waals surface area contributed by atoms with E-state index in [9.17, 15) is 0 Å². The maximum atomic E-state index is 1.76. The molecule has 21 aliphatic carbocycles. The van der Waals surface area contributed by atoms with Gasteiger partial charge >= 0.3 is 0 Å². The van der Waals surface area contributed by atoms with Crippen LogP contribution in [0.3, 0.4) is 0 Å². The third-order valence-corrected chi connectivity index (χ3v) is 32.6. The van der Waals surface area contributed by atoms with Gasteiger partial charge in [-0.2, -0.15) is 0 Å². The first kappa shape index (κ1) is 33.5. The molecule has 0 amide bonds. The van der Waals surface area contributed by atoms with Gasteiger partial charge in [0.25, 0.3) is 0 Å². The molecule has 0 aliphatic heterocycles. The minimum Gasteiger partial charge on any atom is -0.0527 e. The molecule has 0 aromatic heterocycles. The fraction of sp³-hybridized carbons (Fsp3) is 1.00. The van der Waals surface area contributed by atoms with Gasteiger partial charge in [0.1, 0.15) is 0 Å². The second-order valence-electron chi connectivity index (χ2n) is 31.1. The maximum absolute atomic E-state index is 1.76. The summed E-state index contributed by atoms with van der Waals surface area (Å²) in [5.41, 5.74) is 0. The smallest absolute Gasteiger partial charge is 0.0312 e. The van der Waals surface area contributed by atoms with E-state index in [-0.39, 0.29) is 0 Å². The van der Waals surface area contributed by atoms with E-state index in [1.54, 1.807) is 135 Å². The first-order valence-corrected chi connectivity index (χ1v) is 30.3. The van der Waals surface area contributed by atoms with Gasteiger partial charge in [-0.25, -0.2) is 0 Å². The van der Waals surface area contributed by atoms with Crippen LogP contribution in [0, 0.1) is 237 Å². The minimum absolute atomic E-state index is 1.17. The van der Waals surface area contributed by atoms with E-state index in [1.165, 1.54) is 237 Å². The molecule has 0 nitrogen and oxygen atoms in total. The van der Waals surface area contributed by atoms with E-state index in [0.29, 0.717) is 0 Å². The van der Waals surface area contributed by atoms with Crippen molar-refractivity contribution in [2.24, 2.45) is 237 Å². The molecule has 0 aromatic rings. The monoisotopic (exact) mass is 815 g/mol. The third-order valence-electron chi connectivity index (χ3n) is 32.6. The van der Waals surface area contributed by atoms with Crippen LogP contribution < -0.4 is 0 Å². The summed E-state index contributed by atoms with van der Waals surface area (Å²) in [6.07, 6.45) is 36.1. The summed E-state index contributed by atoms with van der Waals surface area (Å²) < 4.78 is 0. The molecule has 0 heteroatoms. The molecular weight excluding hydrogens is 733 g/mol. The lowest BCUT2D eigenvalue weighted by Crippen LogP contribution is -2.84. The Morgan fingerprint density at radius 1 is 0.131 bits per heavy atom. The second kappa shape index (κ2) is 10.5. The van der Waals surface area contributed by atoms with Crippen molar-refractivity contribution in [3.63, 3.8) is 0 Å². The van der Waals surface area contributed by atoms with E-state index in [1.807, 2.05) is 0 Å². The quantitative estimate of drug-likeness (QED) is 0.229. The Bertz CT molecular complexity index is 1880. The Balaban J connectivity index is 0.871. The molecule has 326 valence electrons. The number of fused-ring (bicyclic) bond motifs is 4. The third kappa shape index (κ3) is 3.23. The van der Waals surface area contributed by atoms with E-state index in [0.717, 1.165) is 0 Å². The zero-order valence-corrected chi connectivity index (χ0v) is 37.9. The molecule has 21 fully saturated rings. The van der Waals surface area contributed by atoms with Gasteiger partial charge < -0.3 is 0 Å². The van der Waals surface area contributed by atoms with Crippen molar-refractivity contribution < 1.29 is 0 Å². The summed E-state index contributed by atoms with van der Waals surface area (Å²) in [6, 6.07) is 0. The highest BCUT2D eigenvalue weighted by Crippen LogP contribution is 2.90. The Morgan fingerprint density at radius 3 is 0.787 bits per heavy atom. The van der Waals surface area contributed by atoms with Gasteiger partial charge in [0.2, 0.25) is 0 Å². The standard InChI is InChI=1S/C61H82/c1-3-24-20-28-21-25-4-2-6-30-34-16-18-36-32-14-12-23-8-10-27-19-26-9-7-22-11-13-31-35-17-15-33-29(5-1)37(24)50-43(28)51(38(25)30)56-47(34)49(36)58-54-45(32)40(23)42(27)52-41(26)39(22)44(31)53(59(52)54)57-48(35)46(33)55(50)60(56)61(57)58/h22-61H,1-21H2. The van der Waals surface area contributed by atoms with Crippen LogP contribution in [-0.2, 0) is 0 Å². The van der Waals surface area contributed by atoms with Gasteiger partial charge in [-0.3, -0.25) is 0 Å². The average molecular weight is 815 g/mol. The highest BCUT2D eigenvalue weighted by molar-refractivity contribution is 5.33. The summed E-state index contributed by atoms with van der Waals surface area (Å²) >= 11 is 0. The highest BCUT2D eigenvalue weighted by Gasteiger charge is 2.86. The van der Waals surface area contributed by atoms with Gasteiger partial charge in [0.05, 0.1) is 0 Å². The summed E-state index contributed by atoms with van der Waals surface area (Å²) in [5, 5.41) is 0. The molecule has 0 spiro atoms. The lowest BCUT2D eigenvalue weighted by atomic mass is 9.17. The van der Waals surface area contributed by atoms with Crippen LogP contribution in [-0.4, -0.2) is 0 Å². The fourth-order valence-corrected chi connectivity index (χ4v) is 34.2. The molecule has 0 bridgehead atoms. The first-order chi connectivity index (χ1) is 30.3. The zero-order chi connectivity index (χ0) is 37.9. The van der Waals surface area contributed by atoms with E-state index in [2.05, 4.69) is 0 Å².